The van der Waals surface area contributed by atoms with Crippen molar-refractivity contribution in [3.63, 3.8) is 0 Å². The van der Waals surface area contributed by atoms with Gasteiger partial charge in [0, 0.05) is 11.4 Å². The van der Waals surface area contributed by atoms with E-state index in [0.717, 1.165) is 17.0 Å². The second kappa shape index (κ2) is 4.22. The van der Waals surface area contributed by atoms with E-state index in [-0.39, 0.29) is 6.09 Å². The Morgan fingerprint density at radius 3 is 2.88 bits per heavy atom. The number of anilines is 1. The molecule has 1 amide bonds. The molecule has 0 spiro atoms. The van der Waals surface area contributed by atoms with Crippen LogP contribution in [0.3, 0.4) is 0 Å². The van der Waals surface area contributed by atoms with Gasteiger partial charge in [-0.05, 0) is 38.8 Å². The Kier molecular flexibility index (Phi) is 3.03. The third-order valence-electron chi connectivity index (χ3n) is 2.54. The van der Waals surface area contributed by atoms with E-state index in [1.165, 1.54) is 4.88 Å². The minimum absolute atomic E-state index is 0.243. The summed E-state index contributed by atoms with van der Waals surface area (Å²) in [6, 6.07) is 1.95. The number of nitrogens with zero attached hydrogens (tertiary/aromatic N) is 1. The van der Waals surface area contributed by atoms with Crippen molar-refractivity contribution >= 4 is 22.4 Å². The van der Waals surface area contributed by atoms with Crippen molar-refractivity contribution in [2.75, 3.05) is 12.3 Å². The Labute approximate surface area is 105 Å². The summed E-state index contributed by atoms with van der Waals surface area (Å²) in [5.41, 5.74) is 6.48. The van der Waals surface area contributed by atoms with Crippen LogP contribution in [-0.4, -0.2) is 23.1 Å². The number of amides is 1. The normalized spacial score (nSPS) is 15.6. The molecule has 5 heteroatoms. The first-order chi connectivity index (χ1) is 7.85. The second-order valence-electron chi connectivity index (χ2n) is 5.25. The van der Waals surface area contributed by atoms with E-state index in [1.807, 2.05) is 26.8 Å². The van der Waals surface area contributed by atoms with Gasteiger partial charge in [0.1, 0.15) is 5.60 Å². The third-order valence-corrected chi connectivity index (χ3v) is 3.60. The lowest BCUT2D eigenvalue weighted by atomic mass is 10.1. The first-order valence-electron chi connectivity index (χ1n) is 5.70. The first-order valence-corrected chi connectivity index (χ1v) is 6.52. The summed E-state index contributed by atoms with van der Waals surface area (Å²) in [6.45, 7) is 6.95. The number of carbonyl (C=O) groups excluding carboxylic acids is 1. The molecule has 0 bridgehead atoms. The van der Waals surface area contributed by atoms with Crippen molar-refractivity contribution in [3.05, 3.63) is 16.5 Å². The molecule has 1 aromatic heterocycles. The highest BCUT2D eigenvalue weighted by Crippen LogP contribution is 2.30. The molecule has 0 fully saturated rings. The minimum Gasteiger partial charge on any atom is -0.444 e. The molecule has 1 aliphatic heterocycles. The third kappa shape index (κ3) is 2.91. The number of nitrogens with two attached hydrogens (primary N) is 1. The van der Waals surface area contributed by atoms with Gasteiger partial charge in [0.15, 0.2) is 0 Å². The summed E-state index contributed by atoms with van der Waals surface area (Å²) in [4.78, 5) is 14.9. The van der Waals surface area contributed by atoms with Gasteiger partial charge in [-0.3, -0.25) is 0 Å². The number of fused-ring (bicyclic) bond motifs is 1. The summed E-state index contributed by atoms with van der Waals surface area (Å²) < 4.78 is 5.36. The molecule has 0 aromatic carbocycles. The van der Waals surface area contributed by atoms with Gasteiger partial charge in [0.05, 0.1) is 11.5 Å². The molecule has 2 N–H and O–H groups in total. The van der Waals surface area contributed by atoms with Crippen molar-refractivity contribution in [3.8, 4) is 0 Å². The molecule has 2 heterocycles. The molecular formula is C12H18N2O2S. The standard InChI is InChI=1S/C12H18N2O2S/c1-12(2,3)16-11(15)14-5-4-9-8(7-14)6-10(13)17-9/h6H,4-5,7,13H2,1-3H3. The molecule has 1 aromatic rings. The monoisotopic (exact) mass is 254 g/mol. The lowest BCUT2D eigenvalue weighted by Crippen LogP contribution is -2.39. The molecule has 0 saturated heterocycles. The van der Waals surface area contributed by atoms with Gasteiger partial charge in [-0.15, -0.1) is 11.3 Å². The number of hydrogen-bond acceptors (Lipinski definition) is 4. The lowest BCUT2D eigenvalue weighted by molar-refractivity contribution is 0.0225. The quantitative estimate of drug-likeness (QED) is 0.774. The van der Waals surface area contributed by atoms with Crippen molar-refractivity contribution in [2.24, 2.45) is 0 Å². The van der Waals surface area contributed by atoms with Gasteiger partial charge in [-0.1, -0.05) is 0 Å². The molecule has 17 heavy (non-hydrogen) atoms. The molecule has 4 nitrogen and oxygen atoms in total. The van der Waals surface area contributed by atoms with Crippen LogP contribution >= 0.6 is 11.3 Å². The highest BCUT2D eigenvalue weighted by molar-refractivity contribution is 7.16. The Balaban J connectivity index is 2.05. The van der Waals surface area contributed by atoms with Crippen LogP contribution in [0, 0.1) is 0 Å². The van der Waals surface area contributed by atoms with Crippen molar-refractivity contribution < 1.29 is 9.53 Å². The van der Waals surface area contributed by atoms with E-state index in [0.29, 0.717) is 13.1 Å². The summed E-state index contributed by atoms with van der Waals surface area (Å²) >= 11 is 1.62. The number of nitrogen functional groups attached to an aromatic ring is 1. The second-order valence-corrected chi connectivity index (χ2v) is 6.42. The predicted octanol–water partition coefficient (Wildman–Crippen LogP) is 2.62. The fourth-order valence-corrected chi connectivity index (χ4v) is 2.77. The summed E-state index contributed by atoms with van der Waals surface area (Å²) in [5.74, 6) is 0. The molecule has 0 radical (unpaired) electrons. The van der Waals surface area contributed by atoms with Gasteiger partial charge >= 0.3 is 6.09 Å². The van der Waals surface area contributed by atoms with Crippen LogP contribution in [0.15, 0.2) is 6.07 Å². The van der Waals surface area contributed by atoms with Crippen LogP contribution in [0.5, 0.6) is 0 Å². The van der Waals surface area contributed by atoms with Gasteiger partial charge in [0.2, 0.25) is 0 Å². The van der Waals surface area contributed by atoms with E-state index in [2.05, 4.69) is 0 Å². The Morgan fingerprint density at radius 2 is 2.24 bits per heavy atom. The molecular weight excluding hydrogens is 236 g/mol. The van der Waals surface area contributed by atoms with E-state index >= 15 is 0 Å². The average Bonchev–Trinajstić information content (AvgIpc) is 2.53. The lowest BCUT2D eigenvalue weighted by Gasteiger charge is -2.29. The smallest absolute Gasteiger partial charge is 0.410 e. The Morgan fingerprint density at radius 1 is 1.53 bits per heavy atom. The molecule has 1 aliphatic rings. The summed E-state index contributed by atoms with van der Waals surface area (Å²) in [5, 5.41) is 0.820. The molecule has 0 unspecified atom stereocenters. The number of ether oxygens (including phenoxy) is 1. The van der Waals surface area contributed by atoms with E-state index in [4.69, 9.17) is 10.5 Å². The molecule has 94 valence electrons. The average molecular weight is 254 g/mol. The fraction of sp³-hybridized carbons (Fsp3) is 0.583. The van der Waals surface area contributed by atoms with Gasteiger partial charge in [0.25, 0.3) is 0 Å². The van der Waals surface area contributed by atoms with Gasteiger partial charge in [-0.25, -0.2) is 4.79 Å². The first kappa shape index (κ1) is 12.2. The zero-order chi connectivity index (χ0) is 12.6. The van der Waals surface area contributed by atoms with Crippen LogP contribution in [0.25, 0.3) is 0 Å². The molecule has 0 saturated carbocycles. The maximum absolute atomic E-state index is 11.9. The minimum atomic E-state index is -0.439. The van der Waals surface area contributed by atoms with E-state index < -0.39 is 5.60 Å². The summed E-state index contributed by atoms with van der Waals surface area (Å²) in [7, 11) is 0. The Hall–Kier alpha value is -1.23. The van der Waals surface area contributed by atoms with E-state index in [1.54, 1.807) is 16.2 Å². The number of hydrogen-bond donors (Lipinski definition) is 1. The largest absolute Gasteiger partial charge is 0.444 e. The molecule has 0 atom stereocenters. The Bertz CT molecular complexity index is 434. The molecule has 2 rings (SSSR count). The van der Waals surface area contributed by atoms with Crippen LogP contribution in [0.4, 0.5) is 9.80 Å². The highest BCUT2D eigenvalue weighted by atomic mass is 32.1. The van der Waals surface area contributed by atoms with Crippen LogP contribution in [0.1, 0.15) is 31.2 Å². The summed E-state index contributed by atoms with van der Waals surface area (Å²) in [6.07, 6.45) is 0.629. The maximum Gasteiger partial charge on any atom is 0.410 e. The fourth-order valence-electron chi connectivity index (χ4n) is 1.84. The predicted molar refractivity (Wildman–Crippen MR) is 69.1 cm³/mol. The topological polar surface area (TPSA) is 55.6 Å². The van der Waals surface area contributed by atoms with Crippen LogP contribution in [-0.2, 0) is 17.7 Å². The zero-order valence-corrected chi connectivity index (χ0v) is 11.3. The van der Waals surface area contributed by atoms with E-state index in [9.17, 15) is 4.79 Å². The van der Waals surface area contributed by atoms with Crippen molar-refractivity contribution in [2.45, 2.75) is 39.3 Å². The van der Waals surface area contributed by atoms with Crippen molar-refractivity contribution in [1.82, 2.24) is 4.90 Å². The number of thiophene rings is 1. The zero-order valence-electron chi connectivity index (χ0n) is 10.4. The number of carbonyl (C=O) groups is 1. The number of rotatable bonds is 0. The molecule has 0 aliphatic carbocycles. The maximum atomic E-state index is 11.9. The van der Waals surface area contributed by atoms with Crippen molar-refractivity contribution in [1.29, 1.82) is 0 Å². The van der Waals surface area contributed by atoms with Crippen LogP contribution < -0.4 is 5.73 Å². The van der Waals surface area contributed by atoms with Crippen LogP contribution in [0.2, 0.25) is 0 Å². The van der Waals surface area contributed by atoms with Gasteiger partial charge in [-0.2, -0.15) is 0 Å². The SMILES string of the molecule is CC(C)(C)OC(=O)N1CCc2sc(N)cc2C1. The van der Waals surface area contributed by atoms with Gasteiger partial charge < -0.3 is 15.4 Å². The highest BCUT2D eigenvalue weighted by Gasteiger charge is 2.26.